The summed E-state index contributed by atoms with van der Waals surface area (Å²) in [6, 6.07) is 15.3. The van der Waals surface area contributed by atoms with Crippen molar-refractivity contribution in [2.24, 2.45) is 0 Å². The van der Waals surface area contributed by atoms with Gasteiger partial charge in [-0.1, -0.05) is 36.4 Å². The van der Waals surface area contributed by atoms with Crippen LogP contribution in [0.4, 0.5) is 5.69 Å². The normalized spacial score (nSPS) is 18.0. The predicted molar refractivity (Wildman–Crippen MR) is 109 cm³/mol. The van der Waals surface area contributed by atoms with E-state index >= 15 is 0 Å². The Labute approximate surface area is 161 Å². The van der Waals surface area contributed by atoms with Gasteiger partial charge < -0.3 is 5.32 Å². The number of aryl methyl sites for hydroxylation is 2. The van der Waals surface area contributed by atoms with Gasteiger partial charge in [-0.2, -0.15) is 0 Å². The van der Waals surface area contributed by atoms with Crippen molar-refractivity contribution in [1.29, 1.82) is 0 Å². The maximum atomic E-state index is 13.1. The summed E-state index contributed by atoms with van der Waals surface area (Å²) in [5.41, 5.74) is 4.13. The molecule has 0 unspecified atom stereocenters. The smallest absolute Gasteiger partial charge is 0.242 e. The molecule has 0 radical (unpaired) electrons. The van der Waals surface area contributed by atoms with E-state index < -0.39 is 15.9 Å². The molecular weight excluding hydrogens is 360 g/mol. The van der Waals surface area contributed by atoms with Gasteiger partial charge in [-0.05, 0) is 49.1 Å². The fraction of sp³-hybridized carbons (Fsp3) is 0.381. The van der Waals surface area contributed by atoms with Gasteiger partial charge in [0.2, 0.25) is 5.91 Å². The van der Waals surface area contributed by atoms with Gasteiger partial charge in [0.1, 0.15) is 0 Å². The first kappa shape index (κ1) is 19.6. The Balaban J connectivity index is 1.79. The van der Waals surface area contributed by atoms with Crippen LogP contribution in [0.3, 0.4) is 0 Å². The van der Waals surface area contributed by atoms with Crippen molar-refractivity contribution in [3.8, 4) is 0 Å². The summed E-state index contributed by atoms with van der Waals surface area (Å²) in [5, 5.41) is 3.02. The number of amides is 1. The fourth-order valence-corrected chi connectivity index (χ4v) is 4.54. The van der Waals surface area contributed by atoms with E-state index in [2.05, 4.69) is 5.32 Å². The highest BCUT2D eigenvalue weighted by Gasteiger charge is 2.31. The van der Waals surface area contributed by atoms with E-state index in [-0.39, 0.29) is 17.4 Å². The van der Waals surface area contributed by atoms with Crippen LogP contribution in [0, 0.1) is 13.8 Å². The molecule has 27 heavy (non-hydrogen) atoms. The second-order valence-electron chi connectivity index (χ2n) is 7.18. The minimum absolute atomic E-state index is 0.0959. The Bertz CT molecular complexity index is 896. The predicted octanol–water partition coefficient (Wildman–Crippen LogP) is 2.58. The molecule has 1 heterocycles. The van der Waals surface area contributed by atoms with Crippen molar-refractivity contribution < 1.29 is 13.2 Å². The summed E-state index contributed by atoms with van der Waals surface area (Å²) < 4.78 is 23.6. The van der Waals surface area contributed by atoms with Gasteiger partial charge in [0, 0.05) is 18.8 Å². The highest BCUT2D eigenvalue weighted by Crippen LogP contribution is 2.18. The zero-order valence-corrected chi connectivity index (χ0v) is 16.6. The van der Waals surface area contributed by atoms with Crippen LogP contribution < -0.4 is 5.32 Å². The number of carbonyl (C=O) groups is 1. The Kier molecular flexibility index (Phi) is 5.97. The molecule has 1 N–H and O–H groups in total. The quantitative estimate of drug-likeness (QED) is 0.858. The van der Waals surface area contributed by atoms with Gasteiger partial charge in [0.05, 0.1) is 17.5 Å². The molecule has 2 aromatic carbocycles. The lowest BCUT2D eigenvalue weighted by atomic mass is 10.0. The number of carbonyl (C=O) groups excluding carboxylic acids is 1. The van der Waals surface area contributed by atoms with Crippen molar-refractivity contribution in [3.63, 3.8) is 0 Å². The lowest BCUT2D eigenvalue weighted by Gasteiger charge is -2.33. The molecule has 0 saturated carbocycles. The van der Waals surface area contributed by atoms with Crippen LogP contribution in [0.15, 0.2) is 48.5 Å². The van der Waals surface area contributed by atoms with E-state index in [1.54, 1.807) is 0 Å². The number of hydrogen-bond acceptors (Lipinski definition) is 4. The number of anilines is 1. The first-order valence-corrected chi connectivity index (χ1v) is 11.0. The SMILES string of the molecule is Cc1ccc(NC(=O)[C@@H](Cc2ccccc2)N2CCS(=O)(=O)CC2)cc1C. The summed E-state index contributed by atoms with van der Waals surface area (Å²) in [5.74, 6) is 0.117. The molecule has 0 aromatic heterocycles. The Morgan fingerprint density at radius 2 is 1.70 bits per heavy atom. The van der Waals surface area contributed by atoms with Crippen molar-refractivity contribution in [3.05, 3.63) is 65.2 Å². The number of nitrogens with one attached hydrogen (secondary N) is 1. The van der Waals surface area contributed by atoms with Crippen LogP contribution in [-0.2, 0) is 21.1 Å². The average molecular weight is 387 g/mol. The lowest BCUT2D eigenvalue weighted by molar-refractivity contribution is -0.121. The van der Waals surface area contributed by atoms with E-state index in [4.69, 9.17) is 0 Å². The minimum Gasteiger partial charge on any atom is -0.325 e. The molecule has 1 aliphatic rings. The number of nitrogens with zero attached hydrogens (tertiary/aromatic N) is 1. The molecule has 3 rings (SSSR count). The van der Waals surface area contributed by atoms with Crippen LogP contribution >= 0.6 is 0 Å². The standard InChI is InChI=1S/C21H26N2O3S/c1-16-8-9-19(14-17(16)2)22-21(24)20(15-18-6-4-3-5-7-18)23-10-12-27(25,26)13-11-23/h3-9,14,20H,10-13,15H2,1-2H3,(H,22,24)/t20-/m1/s1. The summed E-state index contributed by atoms with van der Waals surface area (Å²) in [4.78, 5) is 15.1. The molecule has 0 aliphatic carbocycles. The molecule has 2 aromatic rings. The monoisotopic (exact) mass is 386 g/mol. The maximum Gasteiger partial charge on any atom is 0.242 e. The van der Waals surface area contributed by atoms with Gasteiger partial charge >= 0.3 is 0 Å². The van der Waals surface area contributed by atoms with E-state index in [0.29, 0.717) is 19.5 Å². The largest absolute Gasteiger partial charge is 0.325 e. The van der Waals surface area contributed by atoms with E-state index in [1.165, 1.54) is 5.56 Å². The third-order valence-electron chi connectivity index (χ3n) is 5.17. The zero-order valence-electron chi connectivity index (χ0n) is 15.8. The Hall–Kier alpha value is -2.18. The fourth-order valence-electron chi connectivity index (χ4n) is 3.31. The molecule has 1 fully saturated rings. The molecule has 144 valence electrons. The first-order chi connectivity index (χ1) is 12.8. The molecule has 1 aliphatic heterocycles. The summed E-state index contributed by atoms with van der Waals surface area (Å²) in [7, 11) is -2.99. The molecule has 5 nitrogen and oxygen atoms in total. The first-order valence-electron chi connectivity index (χ1n) is 9.20. The van der Waals surface area contributed by atoms with Crippen molar-refractivity contribution in [1.82, 2.24) is 4.90 Å². The van der Waals surface area contributed by atoms with Crippen LogP contribution in [0.2, 0.25) is 0 Å². The second-order valence-corrected chi connectivity index (χ2v) is 9.49. The molecule has 0 bridgehead atoms. The Morgan fingerprint density at radius 1 is 1.04 bits per heavy atom. The van der Waals surface area contributed by atoms with E-state index in [9.17, 15) is 13.2 Å². The van der Waals surface area contributed by atoms with E-state index in [1.807, 2.05) is 67.3 Å². The molecular formula is C21H26N2O3S. The average Bonchev–Trinajstić information content (AvgIpc) is 2.64. The third-order valence-corrected chi connectivity index (χ3v) is 6.78. The van der Waals surface area contributed by atoms with Crippen LogP contribution in [0.1, 0.15) is 16.7 Å². The van der Waals surface area contributed by atoms with Crippen molar-refractivity contribution >= 4 is 21.4 Å². The molecule has 6 heteroatoms. The van der Waals surface area contributed by atoms with Gasteiger partial charge in [0.15, 0.2) is 9.84 Å². The zero-order chi connectivity index (χ0) is 19.4. The van der Waals surface area contributed by atoms with Crippen molar-refractivity contribution in [2.75, 3.05) is 29.9 Å². The molecule has 1 amide bonds. The highest BCUT2D eigenvalue weighted by molar-refractivity contribution is 7.91. The maximum absolute atomic E-state index is 13.1. The van der Waals surface area contributed by atoms with Gasteiger partial charge in [-0.3, -0.25) is 9.69 Å². The number of rotatable bonds is 5. The van der Waals surface area contributed by atoms with Crippen LogP contribution in [0.5, 0.6) is 0 Å². The highest BCUT2D eigenvalue weighted by atomic mass is 32.2. The molecule has 1 atom stereocenters. The van der Waals surface area contributed by atoms with Gasteiger partial charge in [-0.15, -0.1) is 0 Å². The van der Waals surface area contributed by atoms with E-state index in [0.717, 1.165) is 16.8 Å². The van der Waals surface area contributed by atoms with Crippen LogP contribution in [-0.4, -0.2) is 49.9 Å². The number of benzene rings is 2. The topological polar surface area (TPSA) is 66.5 Å². The lowest BCUT2D eigenvalue weighted by Crippen LogP contribution is -2.51. The summed E-state index contributed by atoms with van der Waals surface area (Å²) in [6.45, 7) is 4.83. The number of hydrogen-bond donors (Lipinski definition) is 1. The van der Waals surface area contributed by atoms with Crippen molar-refractivity contribution in [2.45, 2.75) is 26.3 Å². The second kappa shape index (κ2) is 8.23. The van der Waals surface area contributed by atoms with Gasteiger partial charge in [-0.25, -0.2) is 8.42 Å². The van der Waals surface area contributed by atoms with Gasteiger partial charge in [0.25, 0.3) is 0 Å². The number of sulfone groups is 1. The summed E-state index contributed by atoms with van der Waals surface area (Å²) in [6.07, 6.45) is 0.553. The molecule has 1 saturated heterocycles. The summed E-state index contributed by atoms with van der Waals surface area (Å²) >= 11 is 0. The molecule has 0 spiro atoms. The third kappa shape index (κ3) is 5.17. The van der Waals surface area contributed by atoms with Crippen LogP contribution in [0.25, 0.3) is 0 Å². The minimum atomic E-state index is -2.99. The Morgan fingerprint density at radius 3 is 2.33 bits per heavy atom.